The summed E-state index contributed by atoms with van der Waals surface area (Å²) in [6.45, 7) is 16.1. The first-order valence-corrected chi connectivity index (χ1v) is 6.53. The number of hydrogen-bond donors (Lipinski definition) is 2. The Kier molecular flexibility index (Phi) is 37.5. The van der Waals surface area contributed by atoms with Crippen LogP contribution in [0.15, 0.2) is 12.7 Å². The first kappa shape index (κ1) is 25.6. The van der Waals surface area contributed by atoms with Gasteiger partial charge in [-0.2, -0.15) is 6.42 Å². The van der Waals surface area contributed by atoms with E-state index in [1.807, 2.05) is 13.1 Å². The van der Waals surface area contributed by atoms with Gasteiger partial charge in [0.05, 0.1) is 19.8 Å². The van der Waals surface area contributed by atoms with Crippen LogP contribution in [-0.2, 0) is 9.47 Å². The third-order valence-corrected chi connectivity index (χ3v) is 1.90. The summed E-state index contributed by atoms with van der Waals surface area (Å²) in [5.41, 5.74) is 0. The molecule has 0 aliphatic rings. The summed E-state index contributed by atoms with van der Waals surface area (Å²) in [5.74, 6) is 0. The molecule has 0 atom stereocenters. The minimum absolute atomic E-state index is 0. The average molecular weight is 391 g/mol. The number of unbranched alkanes of at least 4 members (excludes halogenated alkanes) is 1. The first-order chi connectivity index (χ1) is 8.83. The normalized spacial score (nSPS) is 9.21. The van der Waals surface area contributed by atoms with Gasteiger partial charge < -0.3 is 34.0 Å². The maximum Gasteiger partial charge on any atom is 1.00 e. The van der Waals surface area contributed by atoms with Crippen molar-refractivity contribution in [3.8, 4) is 0 Å². The van der Waals surface area contributed by atoms with E-state index in [4.69, 9.17) is 9.47 Å². The molecule has 110 valence electrons. The minimum Gasteiger partial charge on any atom is -0.412 e. The molecule has 0 saturated carbocycles. The molecule has 5 heteroatoms. The van der Waals surface area contributed by atoms with Crippen LogP contribution in [0.25, 0.3) is 0 Å². The molecule has 0 heterocycles. The summed E-state index contributed by atoms with van der Waals surface area (Å²) in [6, 6.07) is 0. The van der Waals surface area contributed by atoms with Gasteiger partial charge in [-0.1, -0.05) is 19.1 Å². The maximum absolute atomic E-state index is 5.30. The van der Waals surface area contributed by atoms with Crippen LogP contribution in [-0.4, -0.2) is 53.1 Å². The van der Waals surface area contributed by atoms with Gasteiger partial charge in [0.1, 0.15) is 0 Å². The van der Waals surface area contributed by atoms with E-state index in [9.17, 15) is 0 Å². The first-order valence-electron chi connectivity index (χ1n) is 6.53. The molecule has 0 aromatic carbocycles. The second-order valence-electron chi connectivity index (χ2n) is 3.51. The van der Waals surface area contributed by atoms with Gasteiger partial charge in [-0.05, 0) is 7.05 Å². The van der Waals surface area contributed by atoms with E-state index in [-0.39, 0.29) is 68.9 Å². The monoisotopic (exact) mass is 391 g/mol. The van der Waals surface area contributed by atoms with Crippen LogP contribution < -0.4 is 79.5 Å². The van der Waals surface area contributed by atoms with Crippen LogP contribution in [0, 0.1) is 13.8 Å². The minimum atomic E-state index is 0. The molecule has 0 amide bonds. The Hall–Kier alpha value is 1.63. The molecule has 0 aromatic rings. The van der Waals surface area contributed by atoms with Crippen LogP contribution in [0.2, 0.25) is 0 Å². The van der Waals surface area contributed by atoms with Gasteiger partial charge in [-0.3, -0.25) is 0 Å². The molecule has 0 spiro atoms. The average Bonchev–Trinajstić information content (AvgIpc) is 2.39. The molecule has 0 unspecified atom stereocenters. The molecule has 0 radical (unpaired) electrons. The number of hydrogen-bond acceptors (Lipinski definition) is 4. The van der Waals surface area contributed by atoms with Crippen molar-refractivity contribution in [1.29, 1.82) is 0 Å². The standard InChI is InChI=1S/C9H21N2O2.C5H9.Cs/c1-3-12-8-5-11-6-9-13-7-4-10-2;1-3-5-4-2;/h10-11H,1,3-9H2,2H3;3H,1-2,4-5H2;/q2*-1;+1. The predicted octanol–water partition coefficient (Wildman–Crippen LogP) is -1.55. The Balaban J connectivity index is -0.000000366. The van der Waals surface area contributed by atoms with Gasteiger partial charge in [0.15, 0.2) is 0 Å². The summed E-state index contributed by atoms with van der Waals surface area (Å²) in [7, 11) is 1.91. The van der Waals surface area contributed by atoms with E-state index < -0.39 is 0 Å². The quantitative estimate of drug-likeness (QED) is 0.240. The van der Waals surface area contributed by atoms with E-state index in [0.29, 0.717) is 6.61 Å². The van der Waals surface area contributed by atoms with Gasteiger partial charge in [-0.25, -0.2) is 0 Å². The molecule has 0 fully saturated rings. The van der Waals surface area contributed by atoms with Gasteiger partial charge >= 0.3 is 68.9 Å². The van der Waals surface area contributed by atoms with Gasteiger partial charge in [0.25, 0.3) is 0 Å². The van der Waals surface area contributed by atoms with E-state index in [1.54, 1.807) is 0 Å². The molecule has 0 saturated heterocycles. The molecular weight excluding hydrogens is 361 g/mol. The molecule has 0 rings (SSSR count). The van der Waals surface area contributed by atoms with Crippen LogP contribution in [0.5, 0.6) is 0 Å². The maximum atomic E-state index is 5.30. The summed E-state index contributed by atoms with van der Waals surface area (Å²) >= 11 is 0. The van der Waals surface area contributed by atoms with Crippen molar-refractivity contribution in [2.75, 3.05) is 53.1 Å². The largest absolute Gasteiger partial charge is 1.00 e. The Bertz CT molecular complexity index is 139. The second-order valence-corrected chi connectivity index (χ2v) is 3.51. The zero-order valence-corrected chi connectivity index (χ0v) is 19.2. The van der Waals surface area contributed by atoms with Gasteiger partial charge in [0, 0.05) is 19.6 Å². The summed E-state index contributed by atoms with van der Waals surface area (Å²) < 4.78 is 10.4. The summed E-state index contributed by atoms with van der Waals surface area (Å²) in [4.78, 5) is 0. The van der Waals surface area contributed by atoms with E-state index >= 15 is 0 Å². The molecule has 0 aliphatic carbocycles. The number of nitrogens with one attached hydrogen (secondary N) is 2. The smallest absolute Gasteiger partial charge is 0.412 e. The third-order valence-electron chi connectivity index (χ3n) is 1.90. The Morgan fingerprint density at radius 3 is 2.05 bits per heavy atom. The number of likely N-dealkylation sites (N-methyl/N-ethyl adjacent to an activating group) is 1. The van der Waals surface area contributed by atoms with Crippen molar-refractivity contribution >= 4 is 0 Å². The van der Waals surface area contributed by atoms with Crippen molar-refractivity contribution in [3.05, 3.63) is 26.5 Å². The van der Waals surface area contributed by atoms with Gasteiger partial charge in [-0.15, -0.1) is 6.58 Å². The van der Waals surface area contributed by atoms with Crippen LogP contribution in [0.3, 0.4) is 0 Å². The fourth-order valence-corrected chi connectivity index (χ4v) is 0.936. The summed E-state index contributed by atoms with van der Waals surface area (Å²) in [6.07, 6.45) is 3.89. The Labute approximate surface area is 178 Å². The Morgan fingerprint density at radius 2 is 1.63 bits per heavy atom. The van der Waals surface area contributed by atoms with Crippen molar-refractivity contribution in [2.24, 2.45) is 0 Å². The summed E-state index contributed by atoms with van der Waals surface area (Å²) in [5, 5.41) is 6.21. The SMILES string of the molecule is C=CCC[CH2-].[CH2-]COCCNCCOCCNC.[Cs+]. The third kappa shape index (κ3) is 32.8. The Morgan fingerprint density at radius 1 is 1.05 bits per heavy atom. The molecule has 19 heavy (non-hydrogen) atoms. The fourth-order valence-electron chi connectivity index (χ4n) is 0.936. The molecule has 4 nitrogen and oxygen atoms in total. The zero-order valence-electron chi connectivity index (χ0n) is 12.9. The molecule has 0 aromatic heterocycles. The van der Waals surface area contributed by atoms with E-state index in [2.05, 4.69) is 31.1 Å². The number of rotatable bonds is 12. The van der Waals surface area contributed by atoms with Crippen LogP contribution in [0.1, 0.15) is 12.8 Å². The van der Waals surface area contributed by atoms with Crippen LogP contribution in [0.4, 0.5) is 0 Å². The van der Waals surface area contributed by atoms with Crippen molar-refractivity contribution in [1.82, 2.24) is 10.6 Å². The fraction of sp³-hybridized carbons (Fsp3) is 0.714. The molecular formula is C14H30CsN2O2-. The van der Waals surface area contributed by atoms with E-state index in [0.717, 1.165) is 52.3 Å². The van der Waals surface area contributed by atoms with Crippen molar-refractivity contribution < 1.29 is 78.4 Å². The second kappa shape index (κ2) is 27.9. The van der Waals surface area contributed by atoms with Crippen LogP contribution >= 0.6 is 0 Å². The predicted molar refractivity (Wildman–Crippen MR) is 78.6 cm³/mol. The van der Waals surface area contributed by atoms with Crippen molar-refractivity contribution in [3.63, 3.8) is 0 Å². The topological polar surface area (TPSA) is 42.5 Å². The molecule has 2 N–H and O–H groups in total. The zero-order chi connectivity index (χ0) is 13.9. The molecule has 0 aliphatic heterocycles. The number of allylic oxidation sites excluding steroid dienone is 1. The molecule has 0 bridgehead atoms. The number of ether oxygens (including phenoxy) is 2. The van der Waals surface area contributed by atoms with Crippen molar-refractivity contribution in [2.45, 2.75) is 12.8 Å². The van der Waals surface area contributed by atoms with Gasteiger partial charge in [0.2, 0.25) is 0 Å². The van der Waals surface area contributed by atoms with E-state index in [1.165, 1.54) is 0 Å².